The topological polar surface area (TPSA) is 157 Å². The molecule has 4 amide bonds. The Morgan fingerprint density at radius 2 is 1.05 bits per heavy atom. The second kappa shape index (κ2) is 19.2. The van der Waals surface area contributed by atoms with Crippen LogP contribution in [0.4, 0.5) is 0 Å². The average molecular weight is 611 g/mol. The highest BCUT2D eigenvalue weighted by atomic mass is 16.3. The van der Waals surface area contributed by atoms with Crippen LogP contribution in [-0.2, 0) is 22.4 Å². The highest BCUT2D eigenvalue weighted by molar-refractivity contribution is 5.98. The van der Waals surface area contributed by atoms with Crippen LogP contribution in [0, 0.1) is 11.8 Å². The lowest BCUT2D eigenvalue weighted by Gasteiger charge is -2.19. The standard InChI is InChI=1S/C34H50N4O6/c1-5-9-13-23-17-19-29(39)27(21-23)33(43)37-35-31(41)25(8-4)15-11-16-26(12-7-3)32(42)36-38-34(44)28-22-24(14-10-6-2)18-20-30(28)40/h17-22,25-26,39-40H,5-16H2,1-4H3,(H,35,41)(H,36,42)(H,37,43)(H,38,44). The lowest BCUT2D eigenvalue weighted by molar-refractivity contribution is -0.126. The molecule has 2 rings (SSSR count). The van der Waals surface area contributed by atoms with E-state index in [9.17, 15) is 29.4 Å². The van der Waals surface area contributed by atoms with E-state index in [2.05, 4.69) is 35.6 Å². The van der Waals surface area contributed by atoms with Crippen molar-refractivity contribution in [2.45, 2.75) is 105 Å². The van der Waals surface area contributed by atoms with Crippen LogP contribution in [0.3, 0.4) is 0 Å². The smallest absolute Gasteiger partial charge is 0.273 e. The summed E-state index contributed by atoms with van der Waals surface area (Å²) in [5.41, 5.74) is 11.9. The highest BCUT2D eigenvalue weighted by Crippen LogP contribution is 2.22. The summed E-state index contributed by atoms with van der Waals surface area (Å²) in [5, 5.41) is 20.3. The number of rotatable bonds is 17. The van der Waals surface area contributed by atoms with Crippen molar-refractivity contribution in [1.29, 1.82) is 0 Å². The minimum atomic E-state index is -0.591. The molecule has 2 aromatic carbocycles. The molecule has 44 heavy (non-hydrogen) atoms. The van der Waals surface area contributed by atoms with Gasteiger partial charge in [0.05, 0.1) is 11.1 Å². The fourth-order valence-electron chi connectivity index (χ4n) is 5.06. The Bertz CT molecular complexity index is 1250. The van der Waals surface area contributed by atoms with E-state index in [-0.39, 0.29) is 46.3 Å². The molecule has 2 unspecified atom stereocenters. The van der Waals surface area contributed by atoms with Gasteiger partial charge in [0, 0.05) is 11.8 Å². The number of carbonyl (C=O) groups excluding carboxylic acids is 4. The van der Waals surface area contributed by atoms with Crippen LogP contribution >= 0.6 is 0 Å². The van der Waals surface area contributed by atoms with E-state index in [0.29, 0.717) is 32.1 Å². The van der Waals surface area contributed by atoms with Gasteiger partial charge in [0.25, 0.3) is 11.8 Å². The maximum atomic E-state index is 12.9. The van der Waals surface area contributed by atoms with Gasteiger partial charge in [-0.25, -0.2) is 0 Å². The van der Waals surface area contributed by atoms with Gasteiger partial charge in [-0.1, -0.05) is 65.5 Å². The Hall–Kier alpha value is -4.08. The van der Waals surface area contributed by atoms with Crippen LogP contribution in [0.15, 0.2) is 36.4 Å². The van der Waals surface area contributed by atoms with Gasteiger partial charge in [-0.05, 0) is 86.8 Å². The number of unbranched alkanes of at least 4 members (excludes halogenated alkanes) is 2. The summed E-state index contributed by atoms with van der Waals surface area (Å²) < 4.78 is 0. The Morgan fingerprint density at radius 1 is 0.591 bits per heavy atom. The number of hydrazine groups is 2. The summed E-state index contributed by atoms with van der Waals surface area (Å²) in [4.78, 5) is 51.1. The third-order valence-electron chi connectivity index (χ3n) is 7.82. The lowest BCUT2D eigenvalue weighted by atomic mass is 9.92. The molecule has 0 spiro atoms. The predicted octanol–water partition coefficient (Wildman–Crippen LogP) is 5.62. The summed E-state index contributed by atoms with van der Waals surface area (Å²) in [6, 6.07) is 9.82. The number of amides is 4. The molecule has 0 aliphatic heterocycles. The summed E-state index contributed by atoms with van der Waals surface area (Å²) in [6.45, 7) is 8.01. The molecular weight excluding hydrogens is 560 g/mol. The number of phenols is 2. The molecule has 10 heteroatoms. The molecule has 0 heterocycles. The predicted molar refractivity (Wildman–Crippen MR) is 171 cm³/mol. The van der Waals surface area contributed by atoms with Crippen LogP contribution in [0.1, 0.15) is 124 Å². The van der Waals surface area contributed by atoms with Gasteiger partial charge >= 0.3 is 0 Å². The van der Waals surface area contributed by atoms with Gasteiger partial charge in [-0.2, -0.15) is 0 Å². The first-order chi connectivity index (χ1) is 21.1. The number of nitrogens with one attached hydrogen (secondary N) is 4. The molecular formula is C34H50N4O6. The van der Waals surface area contributed by atoms with Gasteiger partial charge < -0.3 is 10.2 Å². The molecule has 0 aliphatic carbocycles. The summed E-state index contributed by atoms with van der Waals surface area (Å²) in [5.74, 6) is -2.90. The molecule has 2 atom stereocenters. The second-order valence-corrected chi connectivity index (χ2v) is 11.3. The Kier molecular flexibility index (Phi) is 15.8. The number of aryl methyl sites for hydroxylation is 2. The molecule has 0 saturated heterocycles. The number of hydrogen-bond donors (Lipinski definition) is 6. The van der Waals surface area contributed by atoms with Crippen molar-refractivity contribution in [2.75, 3.05) is 0 Å². The van der Waals surface area contributed by atoms with Crippen molar-refractivity contribution in [3.8, 4) is 11.5 Å². The van der Waals surface area contributed by atoms with Crippen molar-refractivity contribution < 1.29 is 29.4 Å². The zero-order valence-corrected chi connectivity index (χ0v) is 26.6. The highest BCUT2D eigenvalue weighted by Gasteiger charge is 2.22. The van der Waals surface area contributed by atoms with Crippen LogP contribution in [0.5, 0.6) is 11.5 Å². The fraction of sp³-hybridized carbons (Fsp3) is 0.529. The molecule has 0 bridgehead atoms. The fourth-order valence-corrected chi connectivity index (χ4v) is 5.06. The number of carbonyl (C=O) groups is 4. The maximum absolute atomic E-state index is 12.9. The Morgan fingerprint density at radius 3 is 1.48 bits per heavy atom. The zero-order chi connectivity index (χ0) is 32.5. The van der Waals surface area contributed by atoms with Crippen molar-refractivity contribution in [3.05, 3.63) is 58.7 Å². The first kappa shape index (κ1) is 36.1. The van der Waals surface area contributed by atoms with E-state index in [1.807, 2.05) is 13.8 Å². The van der Waals surface area contributed by atoms with Crippen molar-refractivity contribution in [3.63, 3.8) is 0 Å². The lowest BCUT2D eigenvalue weighted by Crippen LogP contribution is -2.45. The molecule has 0 aromatic heterocycles. The summed E-state index contributed by atoms with van der Waals surface area (Å²) >= 11 is 0. The monoisotopic (exact) mass is 610 g/mol. The van der Waals surface area contributed by atoms with E-state index >= 15 is 0 Å². The molecule has 0 saturated carbocycles. The first-order valence-electron chi connectivity index (χ1n) is 16.0. The SMILES string of the molecule is CCCCc1ccc(O)c(C(=O)NNC(=O)C(CC)CCCC(CCC)C(=O)NNC(=O)c2cc(CCCC)ccc2O)c1. The first-order valence-corrected chi connectivity index (χ1v) is 16.0. The largest absolute Gasteiger partial charge is 0.507 e. The van der Waals surface area contributed by atoms with Gasteiger partial charge in [-0.15, -0.1) is 0 Å². The molecule has 0 aliphatic rings. The molecule has 10 nitrogen and oxygen atoms in total. The van der Waals surface area contributed by atoms with Crippen LogP contribution in [0.25, 0.3) is 0 Å². The zero-order valence-electron chi connectivity index (χ0n) is 26.6. The minimum Gasteiger partial charge on any atom is -0.507 e. The molecule has 242 valence electrons. The van der Waals surface area contributed by atoms with Crippen molar-refractivity contribution >= 4 is 23.6 Å². The quantitative estimate of drug-likeness (QED) is 0.128. The number of benzene rings is 2. The van der Waals surface area contributed by atoms with E-state index < -0.39 is 11.8 Å². The minimum absolute atomic E-state index is 0.104. The molecule has 2 aromatic rings. The third kappa shape index (κ3) is 11.5. The van der Waals surface area contributed by atoms with Crippen LogP contribution in [0.2, 0.25) is 0 Å². The average Bonchev–Trinajstić information content (AvgIpc) is 3.02. The number of hydrogen-bond acceptors (Lipinski definition) is 6. The Balaban J connectivity index is 1.87. The van der Waals surface area contributed by atoms with E-state index in [1.165, 1.54) is 12.1 Å². The van der Waals surface area contributed by atoms with Crippen molar-refractivity contribution in [1.82, 2.24) is 21.7 Å². The van der Waals surface area contributed by atoms with Gasteiger partial charge in [0.1, 0.15) is 11.5 Å². The van der Waals surface area contributed by atoms with Crippen LogP contribution < -0.4 is 21.7 Å². The van der Waals surface area contributed by atoms with E-state index in [1.54, 1.807) is 24.3 Å². The maximum Gasteiger partial charge on any atom is 0.273 e. The van der Waals surface area contributed by atoms with Crippen LogP contribution in [-0.4, -0.2) is 33.8 Å². The van der Waals surface area contributed by atoms with E-state index in [4.69, 9.17) is 0 Å². The van der Waals surface area contributed by atoms with Gasteiger partial charge in [-0.3, -0.25) is 40.9 Å². The van der Waals surface area contributed by atoms with Gasteiger partial charge in [0.15, 0.2) is 0 Å². The normalized spacial score (nSPS) is 12.2. The molecule has 6 N–H and O–H groups in total. The number of aromatic hydroxyl groups is 2. The van der Waals surface area contributed by atoms with E-state index in [0.717, 1.165) is 56.1 Å². The third-order valence-corrected chi connectivity index (χ3v) is 7.82. The molecule has 0 fully saturated rings. The second-order valence-electron chi connectivity index (χ2n) is 11.3. The number of phenolic OH excluding ortho intramolecular Hbond substituents is 2. The summed E-state index contributed by atoms with van der Waals surface area (Å²) in [7, 11) is 0. The molecule has 0 radical (unpaired) electrons. The summed E-state index contributed by atoms with van der Waals surface area (Å²) in [6.07, 6.45) is 9.07. The Labute approximate surface area is 261 Å². The van der Waals surface area contributed by atoms with Gasteiger partial charge in [0.2, 0.25) is 11.8 Å². The van der Waals surface area contributed by atoms with Crippen molar-refractivity contribution in [2.24, 2.45) is 11.8 Å².